The molecule has 1 aromatic rings. The van der Waals surface area contributed by atoms with Crippen molar-refractivity contribution in [3.8, 4) is 0 Å². The Morgan fingerprint density at radius 1 is 1.36 bits per heavy atom. The quantitative estimate of drug-likeness (QED) is 0.316. The standard InChI is InChI=1S/C21H31BrN4O.HI/c1-2-23-20(24-12-19-13-26-10-4-7-18(26)14-27-19)25-15-21(8-9-21)16-5-3-6-17(22)11-16;/h3,5-6,11,18-19H,2,4,7-10,12-15H2,1H3,(H2,23,24,25);1H. The lowest BCUT2D eigenvalue weighted by atomic mass is 9.96. The monoisotopic (exact) mass is 562 g/mol. The van der Waals surface area contributed by atoms with Gasteiger partial charge in [-0.3, -0.25) is 9.89 Å². The van der Waals surface area contributed by atoms with Crippen molar-refractivity contribution in [3.05, 3.63) is 34.3 Å². The molecule has 28 heavy (non-hydrogen) atoms. The van der Waals surface area contributed by atoms with Crippen molar-refractivity contribution in [2.24, 2.45) is 4.99 Å². The average Bonchev–Trinajstić information content (AvgIpc) is 3.33. The molecule has 2 atom stereocenters. The van der Waals surface area contributed by atoms with Gasteiger partial charge in [-0.05, 0) is 56.8 Å². The van der Waals surface area contributed by atoms with E-state index in [1.165, 1.54) is 37.8 Å². The number of benzene rings is 1. The van der Waals surface area contributed by atoms with Gasteiger partial charge in [0.05, 0.1) is 19.3 Å². The normalized spacial score (nSPS) is 26.3. The van der Waals surface area contributed by atoms with Crippen LogP contribution in [0.25, 0.3) is 0 Å². The number of fused-ring (bicyclic) bond motifs is 1. The summed E-state index contributed by atoms with van der Waals surface area (Å²) >= 11 is 3.60. The van der Waals surface area contributed by atoms with Crippen LogP contribution in [0.5, 0.6) is 0 Å². The lowest BCUT2D eigenvalue weighted by molar-refractivity contribution is -0.0453. The Morgan fingerprint density at radius 3 is 2.96 bits per heavy atom. The van der Waals surface area contributed by atoms with Crippen LogP contribution < -0.4 is 10.6 Å². The van der Waals surface area contributed by atoms with Crippen molar-refractivity contribution in [3.63, 3.8) is 0 Å². The third kappa shape index (κ3) is 5.40. The maximum absolute atomic E-state index is 6.07. The van der Waals surface area contributed by atoms with E-state index in [1.54, 1.807) is 0 Å². The summed E-state index contributed by atoms with van der Waals surface area (Å²) in [5.41, 5.74) is 1.61. The Balaban J connectivity index is 0.00000225. The third-order valence-corrected chi connectivity index (χ3v) is 6.63. The van der Waals surface area contributed by atoms with Gasteiger partial charge in [0.25, 0.3) is 0 Å². The molecule has 0 aromatic heterocycles. The van der Waals surface area contributed by atoms with Crippen molar-refractivity contribution in [2.45, 2.75) is 50.2 Å². The molecule has 0 amide bonds. The summed E-state index contributed by atoms with van der Waals surface area (Å²) in [6.45, 7) is 7.79. The van der Waals surface area contributed by atoms with E-state index in [2.05, 4.69) is 62.7 Å². The predicted octanol–water partition coefficient (Wildman–Crippen LogP) is 3.52. The molecule has 5 nitrogen and oxygen atoms in total. The molecule has 0 spiro atoms. The number of hydrogen-bond acceptors (Lipinski definition) is 3. The van der Waals surface area contributed by atoms with Gasteiger partial charge in [0.2, 0.25) is 0 Å². The molecule has 0 radical (unpaired) electrons. The van der Waals surface area contributed by atoms with Crippen molar-refractivity contribution in [1.29, 1.82) is 0 Å². The molecule has 2 N–H and O–H groups in total. The SMILES string of the molecule is CCNC(=NCC1(c2cccc(Br)c2)CC1)NCC1CN2CCCC2CO1.I. The molecule has 3 aliphatic rings. The lowest BCUT2D eigenvalue weighted by Crippen LogP contribution is -2.51. The van der Waals surface area contributed by atoms with Crippen LogP contribution in [-0.2, 0) is 10.2 Å². The van der Waals surface area contributed by atoms with Crippen LogP contribution in [0.1, 0.15) is 38.2 Å². The van der Waals surface area contributed by atoms with Gasteiger partial charge in [-0.1, -0.05) is 28.1 Å². The number of halogens is 2. The summed E-state index contributed by atoms with van der Waals surface area (Å²) in [4.78, 5) is 7.50. The number of nitrogens with one attached hydrogen (secondary N) is 2. The molecular weight excluding hydrogens is 531 g/mol. The maximum atomic E-state index is 6.07. The minimum Gasteiger partial charge on any atom is -0.373 e. The molecule has 3 fully saturated rings. The van der Waals surface area contributed by atoms with Gasteiger partial charge in [0.15, 0.2) is 5.96 Å². The smallest absolute Gasteiger partial charge is 0.191 e. The van der Waals surface area contributed by atoms with Gasteiger partial charge in [-0.2, -0.15) is 0 Å². The Labute approximate surface area is 194 Å². The minimum atomic E-state index is 0. The lowest BCUT2D eigenvalue weighted by Gasteiger charge is -2.35. The van der Waals surface area contributed by atoms with E-state index >= 15 is 0 Å². The second-order valence-corrected chi connectivity index (χ2v) is 9.03. The number of rotatable bonds is 6. The second kappa shape index (κ2) is 10.1. The first-order valence-corrected chi connectivity index (χ1v) is 11.1. The van der Waals surface area contributed by atoms with Crippen LogP contribution in [0.15, 0.2) is 33.7 Å². The molecule has 2 heterocycles. The summed E-state index contributed by atoms with van der Waals surface area (Å²) < 4.78 is 7.22. The highest BCUT2D eigenvalue weighted by molar-refractivity contribution is 14.0. The van der Waals surface area contributed by atoms with E-state index in [0.717, 1.165) is 43.2 Å². The first-order valence-electron chi connectivity index (χ1n) is 10.3. The van der Waals surface area contributed by atoms with Crippen LogP contribution in [0.4, 0.5) is 0 Å². The summed E-state index contributed by atoms with van der Waals surface area (Å²) in [5, 5.41) is 6.90. The number of nitrogens with zero attached hydrogens (tertiary/aromatic N) is 2. The summed E-state index contributed by atoms with van der Waals surface area (Å²) in [7, 11) is 0. The van der Waals surface area contributed by atoms with E-state index in [-0.39, 0.29) is 35.5 Å². The summed E-state index contributed by atoms with van der Waals surface area (Å²) in [6, 6.07) is 9.34. The molecule has 1 aliphatic carbocycles. The number of guanidine groups is 1. The van der Waals surface area contributed by atoms with Crippen LogP contribution >= 0.6 is 39.9 Å². The molecule has 1 aromatic carbocycles. The van der Waals surface area contributed by atoms with Gasteiger partial charge in [-0.15, -0.1) is 24.0 Å². The van der Waals surface area contributed by atoms with Crippen molar-refractivity contribution in [1.82, 2.24) is 15.5 Å². The summed E-state index contributed by atoms with van der Waals surface area (Å²) in [5.74, 6) is 0.908. The summed E-state index contributed by atoms with van der Waals surface area (Å²) in [6.07, 6.45) is 5.30. The topological polar surface area (TPSA) is 48.9 Å². The number of ether oxygens (including phenoxy) is 1. The van der Waals surface area contributed by atoms with Gasteiger partial charge in [0, 0.05) is 35.6 Å². The fourth-order valence-corrected chi connectivity index (χ4v) is 4.70. The van der Waals surface area contributed by atoms with Gasteiger partial charge in [0.1, 0.15) is 0 Å². The van der Waals surface area contributed by atoms with Crippen LogP contribution in [0.3, 0.4) is 0 Å². The Bertz CT molecular complexity index is 682. The molecule has 2 aliphatic heterocycles. The highest BCUT2D eigenvalue weighted by atomic mass is 127. The zero-order valence-corrected chi connectivity index (χ0v) is 20.5. The van der Waals surface area contributed by atoms with Crippen LogP contribution in [-0.4, -0.2) is 62.3 Å². The molecule has 156 valence electrons. The second-order valence-electron chi connectivity index (χ2n) is 8.11. The van der Waals surface area contributed by atoms with Gasteiger partial charge in [-0.25, -0.2) is 0 Å². The molecular formula is C21H32BrIN4O. The van der Waals surface area contributed by atoms with E-state index in [9.17, 15) is 0 Å². The number of hydrogen-bond donors (Lipinski definition) is 2. The Hall–Kier alpha value is -0.380. The largest absolute Gasteiger partial charge is 0.373 e. The number of morpholine rings is 1. The van der Waals surface area contributed by atoms with Crippen molar-refractivity contribution < 1.29 is 4.74 Å². The van der Waals surface area contributed by atoms with Crippen molar-refractivity contribution >= 4 is 45.9 Å². The first kappa shape index (κ1) is 22.3. The zero-order valence-electron chi connectivity index (χ0n) is 16.6. The van der Waals surface area contributed by atoms with Crippen molar-refractivity contribution in [2.75, 3.05) is 39.3 Å². The van der Waals surface area contributed by atoms with Gasteiger partial charge < -0.3 is 15.4 Å². The minimum absolute atomic E-state index is 0. The fourth-order valence-electron chi connectivity index (χ4n) is 4.30. The highest BCUT2D eigenvalue weighted by Crippen LogP contribution is 2.48. The van der Waals surface area contributed by atoms with Gasteiger partial charge >= 0.3 is 0 Å². The third-order valence-electron chi connectivity index (χ3n) is 6.13. The maximum Gasteiger partial charge on any atom is 0.191 e. The molecule has 0 bridgehead atoms. The van der Waals surface area contributed by atoms with E-state index in [0.29, 0.717) is 6.04 Å². The first-order chi connectivity index (χ1) is 13.2. The average molecular weight is 563 g/mol. The Morgan fingerprint density at radius 2 is 2.21 bits per heavy atom. The van der Waals surface area contributed by atoms with E-state index in [1.807, 2.05) is 0 Å². The fraction of sp³-hybridized carbons (Fsp3) is 0.667. The molecule has 4 rings (SSSR count). The van der Waals surface area contributed by atoms with E-state index in [4.69, 9.17) is 9.73 Å². The van der Waals surface area contributed by atoms with Crippen LogP contribution in [0.2, 0.25) is 0 Å². The van der Waals surface area contributed by atoms with E-state index < -0.39 is 0 Å². The highest BCUT2D eigenvalue weighted by Gasteiger charge is 2.44. The van der Waals surface area contributed by atoms with Crippen LogP contribution in [0, 0.1) is 0 Å². The predicted molar refractivity (Wildman–Crippen MR) is 129 cm³/mol. The molecule has 7 heteroatoms. The zero-order chi connectivity index (χ0) is 18.7. The number of aliphatic imine (C=N–C) groups is 1. The molecule has 2 unspecified atom stereocenters. The molecule has 1 saturated carbocycles. The molecule has 2 saturated heterocycles. The Kier molecular flexibility index (Phi) is 8.04.